The first-order valence-corrected chi connectivity index (χ1v) is 11.6. The molecule has 3 aromatic rings. The van der Waals surface area contributed by atoms with Crippen molar-refractivity contribution >= 4 is 18.0 Å². The predicted molar refractivity (Wildman–Crippen MR) is 130 cm³/mol. The number of hydrogen-bond acceptors (Lipinski definition) is 5. The van der Waals surface area contributed by atoms with Crippen LogP contribution >= 0.6 is 0 Å². The van der Waals surface area contributed by atoms with Gasteiger partial charge in [-0.05, 0) is 53.6 Å². The highest BCUT2D eigenvalue weighted by Gasteiger charge is 2.29. The number of carbonyl (C=O) groups excluding carboxylic acids is 2. The largest absolute Gasteiger partial charge is 0.480 e. The van der Waals surface area contributed by atoms with E-state index in [4.69, 9.17) is 4.74 Å². The number of alkyl carbamates (subject to hydrolysis) is 1. The van der Waals surface area contributed by atoms with Crippen molar-refractivity contribution in [3.63, 3.8) is 0 Å². The molecule has 0 aliphatic heterocycles. The maximum atomic E-state index is 12.4. The first-order chi connectivity index (χ1) is 17.0. The summed E-state index contributed by atoms with van der Waals surface area (Å²) >= 11 is 0. The number of benzene rings is 2. The number of nitrogens with one attached hydrogen (secondary N) is 2. The Balaban J connectivity index is 1.24. The lowest BCUT2D eigenvalue weighted by molar-refractivity contribution is -0.139. The monoisotopic (exact) mass is 473 g/mol. The van der Waals surface area contributed by atoms with Gasteiger partial charge in [-0.1, -0.05) is 48.5 Å². The second kappa shape index (κ2) is 11.3. The van der Waals surface area contributed by atoms with E-state index in [9.17, 15) is 19.5 Å². The number of amides is 2. The van der Waals surface area contributed by atoms with E-state index in [1.807, 2.05) is 48.5 Å². The number of fused-ring (bicyclic) bond motifs is 3. The molecule has 1 aliphatic rings. The van der Waals surface area contributed by atoms with Gasteiger partial charge >= 0.3 is 12.1 Å². The van der Waals surface area contributed by atoms with Crippen LogP contribution in [0, 0.1) is 0 Å². The average Bonchev–Trinajstić information content (AvgIpc) is 3.20. The van der Waals surface area contributed by atoms with Crippen molar-refractivity contribution in [1.82, 2.24) is 15.6 Å². The Morgan fingerprint density at radius 3 is 2.26 bits per heavy atom. The summed E-state index contributed by atoms with van der Waals surface area (Å²) in [4.78, 5) is 40.0. The number of pyridine rings is 1. The van der Waals surface area contributed by atoms with Gasteiger partial charge in [-0.25, -0.2) is 9.59 Å². The maximum absolute atomic E-state index is 12.4. The highest BCUT2D eigenvalue weighted by atomic mass is 16.5. The van der Waals surface area contributed by atoms with Crippen LogP contribution < -0.4 is 10.6 Å². The molecule has 0 saturated carbocycles. The summed E-state index contributed by atoms with van der Waals surface area (Å²) in [5, 5.41) is 14.7. The van der Waals surface area contributed by atoms with Gasteiger partial charge in [0.1, 0.15) is 12.6 Å². The van der Waals surface area contributed by atoms with Gasteiger partial charge in [0.2, 0.25) is 0 Å². The third kappa shape index (κ3) is 5.84. The number of aliphatic carboxylic acids is 1. The van der Waals surface area contributed by atoms with E-state index in [1.54, 1.807) is 18.3 Å². The van der Waals surface area contributed by atoms with Gasteiger partial charge < -0.3 is 20.5 Å². The zero-order chi connectivity index (χ0) is 24.6. The molecule has 35 heavy (non-hydrogen) atoms. The molecule has 1 aliphatic carbocycles. The fourth-order valence-corrected chi connectivity index (χ4v) is 4.31. The normalized spacial score (nSPS) is 12.8. The number of aromatic nitrogens is 1. The second-order valence-electron chi connectivity index (χ2n) is 8.35. The van der Waals surface area contributed by atoms with Crippen LogP contribution in [0.5, 0.6) is 0 Å². The smallest absolute Gasteiger partial charge is 0.407 e. The molecule has 1 atom stereocenters. The number of carboxylic acids is 1. The molecule has 0 saturated heterocycles. The molecule has 0 spiro atoms. The summed E-state index contributed by atoms with van der Waals surface area (Å²) in [5.74, 6) is -1.46. The van der Waals surface area contributed by atoms with Crippen LogP contribution in [0.4, 0.5) is 4.79 Å². The van der Waals surface area contributed by atoms with E-state index in [0.717, 1.165) is 22.3 Å². The van der Waals surface area contributed by atoms with Gasteiger partial charge in [0.05, 0.1) is 5.56 Å². The van der Waals surface area contributed by atoms with Crippen LogP contribution in [0.25, 0.3) is 11.1 Å². The highest BCUT2D eigenvalue weighted by Crippen LogP contribution is 2.44. The van der Waals surface area contributed by atoms with Crippen LogP contribution in [-0.4, -0.2) is 47.3 Å². The third-order valence-electron chi connectivity index (χ3n) is 6.06. The van der Waals surface area contributed by atoms with Gasteiger partial charge in [-0.3, -0.25) is 9.78 Å². The molecule has 180 valence electrons. The second-order valence-corrected chi connectivity index (χ2v) is 8.35. The van der Waals surface area contributed by atoms with E-state index in [-0.39, 0.29) is 24.9 Å². The van der Waals surface area contributed by atoms with Gasteiger partial charge in [-0.15, -0.1) is 0 Å². The van der Waals surface area contributed by atoms with Crippen molar-refractivity contribution in [1.29, 1.82) is 0 Å². The van der Waals surface area contributed by atoms with E-state index in [1.165, 1.54) is 6.20 Å². The summed E-state index contributed by atoms with van der Waals surface area (Å²) in [6, 6.07) is 18.3. The summed E-state index contributed by atoms with van der Waals surface area (Å²) in [7, 11) is 0. The van der Waals surface area contributed by atoms with Gasteiger partial charge in [0.15, 0.2) is 0 Å². The van der Waals surface area contributed by atoms with Crippen molar-refractivity contribution < 1.29 is 24.2 Å². The fraction of sp³-hybridized carbons (Fsp3) is 0.259. The number of nitrogens with zero attached hydrogens (tertiary/aromatic N) is 1. The molecule has 0 bridgehead atoms. The average molecular weight is 474 g/mol. The molecule has 8 heteroatoms. The molecule has 2 aromatic carbocycles. The molecular weight excluding hydrogens is 446 g/mol. The minimum absolute atomic E-state index is 0.0974. The Kier molecular flexibility index (Phi) is 7.72. The van der Waals surface area contributed by atoms with Gasteiger partial charge in [0, 0.05) is 24.9 Å². The van der Waals surface area contributed by atoms with E-state index in [0.29, 0.717) is 24.9 Å². The number of carboxylic acid groups (broad SMARTS) is 1. The fourth-order valence-electron chi connectivity index (χ4n) is 4.31. The van der Waals surface area contributed by atoms with Crippen molar-refractivity contribution in [3.05, 3.63) is 89.7 Å². The standard InChI is InChI=1S/C27H27N3O5/c31-25(18-8-7-14-28-16-18)29-15-6-5-13-24(26(32)33)30-27(34)35-17-23-21-11-3-1-9-19(21)20-10-2-4-12-22(20)23/h1-4,7-12,14,16,23-24H,5-6,13,15,17H2,(H,29,31)(H,30,34)(H,32,33)/t24-/m1/s1. The lowest BCUT2D eigenvalue weighted by Gasteiger charge is -2.17. The predicted octanol–water partition coefficient (Wildman–Crippen LogP) is 3.97. The number of rotatable bonds is 10. The van der Waals surface area contributed by atoms with Crippen molar-refractivity contribution in [2.24, 2.45) is 0 Å². The van der Waals surface area contributed by atoms with Crippen molar-refractivity contribution in [3.8, 4) is 11.1 Å². The molecule has 1 heterocycles. The van der Waals surface area contributed by atoms with Crippen LogP contribution in [-0.2, 0) is 9.53 Å². The molecule has 0 fully saturated rings. The number of hydrogen-bond donors (Lipinski definition) is 3. The summed E-state index contributed by atoms with van der Waals surface area (Å²) in [6.45, 7) is 0.511. The number of ether oxygens (including phenoxy) is 1. The summed E-state index contributed by atoms with van der Waals surface area (Å²) in [6.07, 6.45) is 3.61. The Labute approximate surface area is 203 Å². The lowest BCUT2D eigenvalue weighted by atomic mass is 9.98. The lowest BCUT2D eigenvalue weighted by Crippen LogP contribution is -2.41. The first kappa shape index (κ1) is 23.9. The summed E-state index contributed by atoms with van der Waals surface area (Å²) in [5.41, 5.74) is 4.88. The number of carbonyl (C=O) groups is 3. The molecule has 1 aromatic heterocycles. The third-order valence-corrected chi connectivity index (χ3v) is 6.06. The molecule has 8 nitrogen and oxygen atoms in total. The molecule has 4 rings (SSSR count). The molecule has 3 N–H and O–H groups in total. The topological polar surface area (TPSA) is 118 Å². The van der Waals surface area contributed by atoms with Crippen LogP contribution in [0.3, 0.4) is 0 Å². The van der Waals surface area contributed by atoms with Crippen molar-refractivity contribution in [2.45, 2.75) is 31.2 Å². The van der Waals surface area contributed by atoms with E-state index < -0.39 is 18.1 Å². The first-order valence-electron chi connectivity index (χ1n) is 11.6. The molecule has 0 radical (unpaired) electrons. The Bertz CT molecular complexity index is 1150. The van der Waals surface area contributed by atoms with Crippen LogP contribution in [0.1, 0.15) is 46.7 Å². The minimum Gasteiger partial charge on any atom is -0.480 e. The quantitative estimate of drug-likeness (QED) is 0.384. The molecular formula is C27H27N3O5. The number of unbranched alkanes of at least 4 members (excludes halogenated alkanes) is 1. The van der Waals surface area contributed by atoms with Crippen molar-refractivity contribution in [2.75, 3.05) is 13.2 Å². The van der Waals surface area contributed by atoms with Crippen LogP contribution in [0.15, 0.2) is 73.1 Å². The van der Waals surface area contributed by atoms with Crippen LogP contribution in [0.2, 0.25) is 0 Å². The highest BCUT2D eigenvalue weighted by molar-refractivity contribution is 5.93. The zero-order valence-electron chi connectivity index (χ0n) is 19.1. The summed E-state index contributed by atoms with van der Waals surface area (Å²) < 4.78 is 5.45. The Morgan fingerprint density at radius 1 is 0.943 bits per heavy atom. The molecule has 0 unspecified atom stereocenters. The SMILES string of the molecule is O=C(N[C@H](CCCCNC(=O)c1cccnc1)C(=O)O)OCC1c2ccccc2-c2ccccc21. The zero-order valence-corrected chi connectivity index (χ0v) is 19.1. The van der Waals surface area contributed by atoms with E-state index >= 15 is 0 Å². The molecule has 2 amide bonds. The maximum Gasteiger partial charge on any atom is 0.407 e. The Morgan fingerprint density at radius 2 is 1.63 bits per heavy atom. The minimum atomic E-state index is -1.13. The van der Waals surface area contributed by atoms with Gasteiger partial charge in [0.25, 0.3) is 5.91 Å². The Hall–Kier alpha value is -4.20. The van der Waals surface area contributed by atoms with E-state index in [2.05, 4.69) is 15.6 Å². The van der Waals surface area contributed by atoms with Gasteiger partial charge in [-0.2, -0.15) is 0 Å².